The van der Waals surface area contributed by atoms with Gasteiger partial charge in [0.2, 0.25) is 0 Å². The number of rotatable bonds is 3. The van der Waals surface area contributed by atoms with Crippen molar-refractivity contribution in [1.82, 2.24) is 0 Å². The van der Waals surface area contributed by atoms with Gasteiger partial charge in [0, 0.05) is 0 Å². The number of amides is 1. The van der Waals surface area contributed by atoms with Crippen LogP contribution >= 0.6 is 0 Å². The molecule has 24 heavy (non-hydrogen) atoms. The Bertz CT molecular complexity index is 668. The zero-order valence-electron chi connectivity index (χ0n) is 14.8. The summed E-state index contributed by atoms with van der Waals surface area (Å²) < 4.78 is 5.25. The molecule has 4 heteroatoms. The molecule has 1 saturated carbocycles. The Morgan fingerprint density at radius 1 is 1.21 bits per heavy atom. The molecule has 0 saturated heterocycles. The van der Waals surface area contributed by atoms with Crippen LogP contribution in [0.15, 0.2) is 40.3 Å². The van der Waals surface area contributed by atoms with Crippen LogP contribution in [0.1, 0.15) is 58.4 Å². The van der Waals surface area contributed by atoms with Gasteiger partial charge in [-0.25, -0.2) is 4.79 Å². The van der Waals surface area contributed by atoms with Crippen molar-refractivity contribution in [2.75, 3.05) is 0 Å². The molecule has 0 atom stereocenters. The first-order valence-corrected chi connectivity index (χ1v) is 8.77. The minimum atomic E-state index is -0.538. The third-order valence-corrected chi connectivity index (χ3v) is 5.53. The summed E-state index contributed by atoms with van der Waals surface area (Å²) in [4.78, 5) is 21.1. The first-order chi connectivity index (χ1) is 11.4. The van der Waals surface area contributed by atoms with Crippen LogP contribution in [0.3, 0.4) is 0 Å². The minimum absolute atomic E-state index is 0.0487. The molecule has 0 radical (unpaired) electrons. The molecule has 0 aromatic heterocycles. The largest absolute Gasteiger partial charge is 0.443 e. The van der Waals surface area contributed by atoms with Gasteiger partial charge in [0.15, 0.2) is 0 Å². The van der Waals surface area contributed by atoms with Gasteiger partial charge in [-0.1, -0.05) is 57.0 Å². The number of nitrogens with zero attached hydrogens (tertiary/aromatic N) is 2. The fourth-order valence-electron chi connectivity index (χ4n) is 3.94. The molecule has 1 heterocycles. The third-order valence-electron chi connectivity index (χ3n) is 5.53. The van der Waals surface area contributed by atoms with Gasteiger partial charge < -0.3 is 4.74 Å². The molecule has 128 valence electrons. The van der Waals surface area contributed by atoms with Crippen LogP contribution in [0, 0.1) is 5.41 Å². The van der Waals surface area contributed by atoms with E-state index < -0.39 is 6.09 Å². The average Bonchev–Trinajstić information content (AvgIpc) is 3.13. The number of hydrogen-bond donors (Lipinski definition) is 0. The normalized spacial score (nSPS) is 21.8. The lowest BCUT2D eigenvalue weighted by Gasteiger charge is -2.35. The SMILES string of the molecule is CC(=NC(=O)OCc1ccccc1)C1=NC2(CCCC2)C(C)(C)C1. The number of benzene rings is 1. The highest BCUT2D eigenvalue weighted by Gasteiger charge is 2.51. The lowest BCUT2D eigenvalue weighted by Crippen LogP contribution is -2.36. The molecule has 2 aliphatic rings. The summed E-state index contributed by atoms with van der Waals surface area (Å²) in [5.41, 5.74) is 2.82. The van der Waals surface area contributed by atoms with Crippen molar-refractivity contribution in [3.63, 3.8) is 0 Å². The molecule has 1 aliphatic carbocycles. The van der Waals surface area contributed by atoms with E-state index in [9.17, 15) is 4.79 Å². The molecular weight excluding hydrogens is 300 g/mol. The Labute approximate surface area is 144 Å². The van der Waals surface area contributed by atoms with Crippen molar-refractivity contribution in [3.8, 4) is 0 Å². The van der Waals surface area contributed by atoms with Gasteiger partial charge in [-0.05, 0) is 37.2 Å². The topological polar surface area (TPSA) is 51.0 Å². The van der Waals surface area contributed by atoms with Gasteiger partial charge in [0.25, 0.3) is 0 Å². The van der Waals surface area contributed by atoms with E-state index in [1.165, 1.54) is 12.8 Å². The molecule has 1 fully saturated rings. The molecule has 1 aromatic carbocycles. The van der Waals surface area contributed by atoms with Crippen LogP contribution in [0.25, 0.3) is 0 Å². The average molecular weight is 326 g/mol. The van der Waals surface area contributed by atoms with Crippen molar-refractivity contribution in [2.45, 2.75) is 65.0 Å². The van der Waals surface area contributed by atoms with Gasteiger partial charge >= 0.3 is 6.09 Å². The zero-order chi connectivity index (χ0) is 17.2. The zero-order valence-corrected chi connectivity index (χ0v) is 14.8. The number of aliphatic imine (C=N–C) groups is 2. The van der Waals surface area contributed by atoms with Gasteiger partial charge in [-0.3, -0.25) is 4.99 Å². The quantitative estimate of drug-likeness (QED) is 0.736. The van der Waals surface area contributed by atoms with Crippen LogP contribution in [0.2, 0.25) is 0 Å². The summed E-state index contributed by atoms with van der Waals surface area (Å²) in [7, 11) is 0. The first kappa shape index (κ1) is 16.9. The Hall–Kier alpha value is -1.97. The predicted octanol–water partition coefficient (Wildman–Crippen LogP) is 4.97. The number of carbonyl (C=O) groups is 1. The Morgan fingerprint density at radius 2 is 1.88 bits per heavy atom. The highest BCUT2D eigenvalue weighted by Crippen LogP contribution is 2.52. The lowest BCUT2D eigenvalue weighted by atomic mass is 9.71. The maximum Gasteiger partial charge on any atom is 0.434 e. The van der Waals surface area contributed by atoms with Crippen LogP contribution in [-0.2, 0) is 11.3 Å². The Morgan fingerprint density at radius 3 is 2.54 bits per heavy atom. The van der Waals surface area contributed by atoms with E-state index in [2.05, 4.69) is 18.8 Å². The molecule has 1 spiro atoms. The highest BCUT2D eigenvalue weighted by molar-refractivity contribution is 6.43. The van der Waals surface area contributed by atoms with E-state index in [0.29, 0.717) is 5.71 Å². The van der Waals surface area contributed by atoms with Crippen molar-refractivity contribution in [2.24, 2.45) is 15.4 Å². The summed E-state index contributed by atoms with van der Waals surface area (Å²) in [5.74, 6) is 0. The highest BCUT2D eigenvalue weighted by atomic mass is 16.5. The Kier molecular flexibility index (Phi) is 4.57. The van der Waals surface area contributed by atoms with Gasteiger partial charge in [0.1, 0.15) is 6.61 Å². The number of hydrogen-bond acceptors (Lipinski definition) is 3. The molecular formula is C20H26N2O2. The molecule has 1 aliphatic heterocycles. The lowest BCUT2D eigenvalue weighted by molar-refractivity contribution is 0.151. The summed E-state index contributed by atoms with van der Waals surface area (Å²) in [5, 5.41) is 0. The third kappa shape index (κ3) is 3.28. The van der Waals surface area contributed by atoms with E-state index in [0.717, 1.165) is 30.5 Å². The summed E-state index contributed by atoms with van der Waals surface area (Å²) in [6, 6.07) is 9.64. The van der Waals surface area contributed by atoms with Crippen molar-refractivity contribution >= 4 is 17.5 Å². The second-order valence-corrected chi connectivity index (χ2v) is 7.60. The van der Waals surface area contributed by atoms with Crippen molar-refractivity contribution in [3.05, 3.63) is 35.9 Å². The number of ether oxygens (including phenoxy) is 1. The van der Waals surface area contributed by atoms with E-state index in [1.807, 2.05) is 37.3 Å². The second kappa shape index (κ2) is 6.50. The minimum Gasteiger partial charge on any atom is -0.443 e. The second-order valence-electron chi connectivity index (χ2n) is 7.60. The fourth-order valence-corrected chi connectivity index (χ4v) is 3.94. The monoisotopic (exact) mass is 326 g/mol. The van der Waals surface area contributed by atoms with E-state index in [4.69, 9.17) is 9.73 Å². The predicted molar refractivity (Wildman–Crippen MR) is 96.8 cm³/mol. The van der Waals surface area contributed by atoms with Crippen molar-refractivity contribution < 1.29 is 9.53 Å². The molecule has 3 rings (SSSR count). The van der Waals surface area contributed by atoms with Crippen LogP contribution in [0.4, 0.5) is 4.79 Å². The van der Waals surface area contributed by atoms with Crippen molar-refractivity contribution in [1.29, 1.82) is 0 Å². The van der Waals surface area contributed by atoms with Gasteiger partial charge in [-0.15, -0.1) is 0 Å². The maximum atomic E-state index is 12.0. The van der Waals surface area contributed by atoms with E-state index in [-0.39, 0.29) is 17.6 Å². The molecule has 4 nitrogen and oxygen atoms in total. The van der Waals surface area contributed by atoms with E-state index in [1.54, 1.807) is 0 Å². The smallest absolute Gasteiger partial charge is 0.434 e. The molecule has 1 aromatic rings. The van der Waals surface area contributed by atoms with Gasteiger partial charge in [0.05, 0.1) is 17.0 Å². The molecule has 0 N–H and O–H groups in total. The van der Waals surface area contributed by atoms with Gasteiger partial charge in [-0.2, -0.15) is 4.99 Å². The van der Waals surface area contributed by atoms with Crippen LogP contribution in [0.5, 0.6) is 0 Å². The van der Waals surface area contributed by atoms with E-state index >= 15 is 0 Å². The number of carbonyl (C=O) groups excluding carboxylic acids is 1. The molecule has 0 bridgehead atoms. The molecule has 0 unspecified atom stereocenters. The Balaban J connectivity index is 1.66. The maximum absolute atomic E-state index is 12.0. The summed E-state index contributed by atoms with van der Waals surface area (Å²) in [6.07, 6.45) is 5.13. The molecule has 1 amide bonds. The standard InChI is InChI=1S/C20H26N2O2/c1-15(21-18(23)24-14-16-9-5-4-6-10-16)17-13-19(2,3)20(22-17)11-7-8-12-20/h4-6,9-10H,7-8,11-14H2,1-3H3. The van der Waals surface area contributed by atoms with Crippen LogP contribution < -0.4 is 0 Å². The summed E-state index contributed by atoms with van der Waals surface area (Å²) in [6.45, 7) is 6.69. The summed E-state index contributed by atoms with van der Waals surface area (Å²) >= 11 is 0. The van der Waals surface area contributed by atoms with Crippen LogP contribution in [-0.4, -0.2) is 23.1 Å². The first-order valence-electron chi connectivity index (χ1n) is 8.77. The fraction of sp³-hybridized carbons (Fsp3) is 0.550.